The molecule has 17 heavy (non-hydrogen) atoms. The lowest BCUT2D eigenvalue weighted by Gasteiger charge is -2.14. The first-order valence-electron chi connectivity index (χ1n) is 5.48. The lowest BCUT2D eigenvalue weighted by atomic mass is 9.94. The summed E-state index contributed by atoms with van der Waals surface area (Å²) in [5, 5.41) is 0.650. The van der Waals surface area contributed by atoms with Gasteiger partial charge in [-0.15, -0.1) is 11.3 Å². The third-order valence-electron chi connectivity index (χ3n) is 3.02. The zero-order valence-electron chi connectivity index (χ0n) is 10.1. The van der Waals surface area contributed by atoms with Crippen molar-refractivity contribution in [3.8, 4) is 0 Å². The van der Waals surface area contributed by atoms with Gasteiger partial charge in [-0.3, -0.25) is 0 Å². The molecule has 0 bridgehead atoms. The van der Waals surface area contributed by atoms with Crippen molar-refractivity contribution in [3.63, 3.8) is 0 Å². The highest BCUT2D eigenvalue weighted by Gasteiger charge is 2.17. The third kappa shape index (κ3) is 2.38. The number of halogens is 1. The lowest BCUT2D eigenvalue weighted by Crippen LogP contribution is -1.99. The molecule has 0 radical (unpaired) electrons. The van der Waals surface area contributed by atoms with E-state index in [4.69, 9.17) is 5.73 Å². The number of nitrogen functional groups attached to an aromatic ring is 1. The molecule has 0 aliphatic rings. The maximum absolute atomic E-state index is 5.76. The Morgan fingerprint density at radius 2 is 2.06 bits per heavy atom. The molecule has 0 amide bonds. The minimum absolute atomic E-state index is 0.335. The Morgan fingerprint density at radius 3 is 2.65 bits per heavy atom. The monoisotopic (exact) mass is 310 g/mol. The number of nitrogens with zero attached hydrogens (tertiary/aromatic N) is 1. The van der Waals surface area contributed by atoms with Crippen molar-refractivity contribution in [3.05, 3.63) is 44.4 Å². The van der Waals surface area contributed by atoms with Crippen LogP contribution in [0.25, 0.3) is 0 Å². The average molecular weight is 311 g/mol. The van der Waals surface area contributed by atoms with Crippen LogP contribution < -0.4 is 5.73 Å². The molecular formula is C13H15BrN2S. The van der Waals surface area contributed by atoms with Gasteiger partial charge < -0.3 is 5.73 Å². The second-order valence-electron chi connectivity index (χ2n) is 4.18. The Bertz CT molecular complexity index is 548. The molecule has 0 saturated carbocycles. The van der Waals surface area contributed by atoms with Crippen LogP contribution in [0.1, 0.15) is 34.5 Å². The molecule has 0 aliphatic heterocycles. The molecule has 2 N–H and O–H groups in total. The Hall–Kier alpha value is -0.870. The van der Waals surface area contributed by atoms with Gasteiger partial charge in [0.1, 0.15) is 0 Å². The topological polar surface area (TPSA) is 38.9 Å². The molecule has 4 heteroatoms. The average Bonchev–Trinajstić information content (AvgIpc) is 2.61. The van der Waals surface area contributed by atoms with Gasteiger partial charge in [0.2, 0.25) is 0 Å². The van der Waals surface area contributed by atoms with E-state index in [1.54, 1.807) is 11.3 Å². The third-order valence-corrected chi connectivity index (χ3v) is 5.05. The van der Waals surface area contributed by atoms with Crippen LogP contribution in [0.15, 0.2) is 22.7 Å². The molecule has 2 rings (SSSR count). The number of hydrogen-bond donors (Lipinski definition) is 1. The van der Waals surface area contributed by atoms with Gasteiger partial charge in [0.25, 0.3) is 0 Å². The quantitative estimate of drug-likeness (QED) is 0.900. The summed E-state index contributed by atoms with van der Waals surface area (Å²) in [5.74, 6) is 0.335. The van der Waals surface area contributed by atoms with E-state index < -0.39 is 0 Å². The molecule has 1 unspecified atom stereocenters. The molecule has 1 heterocycles. The maximum Gasteiger partial charge on any atom is 0.180 e. The molecule has 90 valence electrons. The minimum Gasteiger partial charge on any atom is -0.375 e. The van der Waals surface area contributed by atoms with E-state index >= 15 is 0 Å². The Labute approximate surface area is 114 Å². The number of aromatic nitrogens is 1. The molecular weight excluding hydrogens is 296 g/mol. The van der Waals surface area contributed by atoms with Crippen LogP contribution in [0.5, 0.6) is 0 Å². The van der Waals surface area contributed by atoms with E-state index in [2.05, 4.69) is 53.0 Å². The Morgan fingerprint density at radius 1 is 1.35 bits per heavy atom. The largest absolute Gasteiger partial charge is 0.375 e. The Kier molecular flexibility index (Phi) is 3.54. The van der Waals surface area contributed by atoms with Crippen molar-refractivity contribution in [1.29, 1.82) is 0 Å². The highest BCUT2D eigenvalue weighted by atomic mass is 79.9. The molecule has 1 aromatic heterocycles. The predicted octanol–water partition coefficient (Wildman–Crippen LogP) is 4.26. The summed E-state index contributed by atoms with van der Waals surface area (Å²) in [7, 11) is 0. The van der Waals surface area contributed by atoms with Crippen LogP contribution in [0, 0.1) is 13.8 Å². The first-order chi connectivity index (χ1) is 8.00. The van der Waals surface area contributed by atoms with Crippen LogP contribution in [0.3, 0.4) is 0 Å². The van der Waals surface area contributed by atoms with Crippen LogP contribution >= 0.6 is 27.3 Å². The summed E-state index contributed by atoms with van der Waals surface area (Å²) >= 11 is 5.16. The fraction of sp³-hybridized carbons (Fsp3) is 0.308. The molecule has 0 fully saturated rings. The van der Waals surface area contributed by atoms with Crippen molar-refractivity contribution in [1.82, 2.24) is 4.98 Å². The van der Waals surface area contributed by atoms with Gasteiger partial charge in [-0.1, -0.05) is 35.0 Å². The van der Waals surface area contributed by atoms with Crippen molar-refractivity contribution in [2.75, 3.05) is 5.73 Å². The SMILES string of the molecule is Cc1nc(N)sc1C(C)c1cccc(Br)c1C. The number of aryl methyl sites for hydroxylation is 1. The molecule has 2 aromatic rings. The number of hydrogen-bond acceptors (Lipinski definition) is 3. The van der Waals surface area contributed by atoms with E-state index in [1.165, 1.54) is 16.0 Å². The molecule has 1 aromatic carbocycles. The van der Waals surface area contributed by atoms with Gasteiger partial charge in [-0.25, -0.2) is 4.98 Å². The highest BCUT2D eigenvalue weighted by molar-refractivity contribution is 9.10. The fourth-order valence-electron chi connectivity index (χ4n) is 2.07. The smallest absolute Gasteiger partial charge is 0.180 e. The van der Waals surface area contributed by atoms with Gasteiger partial charge in [-0.05, 0) is 31.0 Å². The highest BCUT2D eigenvalue weighted by Crippen LogP contribution is 2.35. The van der Waals surface area contributed by atoms with Crippen molar-refractivity contribution >= 4 is 32.4 Å². The Balaban J connectivity index is 2.47. The normalized spacial score (nSPS) is 12.7. The van der Waals surface area contributed by atoms with Crippen molar-refractivity contribution in [2.45, 2.75) is 26.7 Å². The van der Waals surface area contributed by atoms with Gasteiger partial charge in [0, 0.05) is 15.3 Å². The summed E-state index contributed by atoms with van der Waals surface area (Å²) in [6.45, 7) is 6.36. The van der Waals surface area contributed by atoms with Crippen molar-refractivity contribution < 1.29 is 0 Å². The maximum atomic E-state index is 5.76. The summed E-state index contributed by atoms with van der Waals surface area (Å²) in [5.41, 5.74) is 9.41. The van der Waals surface area contributed by atoms with Gasteiger partial charge in [-0.2, -0.15) is 0 Å². The second-order valence-corrected chi connectivity index (χ2v) is 6.09. The molecule has 1 atom stereocenters. The zero-order chi connectivity index (χ0) is 12.6. The fourth-order valence-corrected chi connectivity index (χ4v) is 3.35. The second kappa shape index (κ2) is 4.78. The number of rotatable bonds is 2. The van der Waals surface area contributed by atoms with E-state index in [0.717, 1.165) is 10.2 Å². The van der Waals surface area contributed by atoms with Crippen molar-refractivity contribution in [2.24, 2.45) is 0 Å². The molecule has 0 spiro atoms. The minimum atomic E-state index is 0.335. The first kappa shape index (κ1) is 12.6. The van der Waals surface area contributed by atoms with E-state index in [-0.39, 0.29) is 0 Å². The van der Waals surface area contributed by atoms with Gasteiger partial charge in [0.15, 0.2) is 5.13 Å². The van der Waals surface area contributed by atoms with Gasteiger partial charge in [0.05, 0.1) is 5.69 Å². The van der Waals surface area contributed by atoms with Crippen LogP contribution in [-0.2, 0) is 0 Å². The van der Waals surface area contributed by atoms with Gasteiger partial charge >= 0.3 is 0 Å². The van der Waals surface area contributed by atoms with Crippen LogP contribution in [-0.4, -0.2) is 4.98 Å². The molecule has 0 saturated heterocycles. The number of benzene rings is 1. The van der Waals surface area contributed by atoms with Crippen LogP contribution in [0.2, 0.25) is 0 Å². The number of anilines is 1. The van der Waals surface area contributed by atoms with E-state index in [1.807, 2.05) is 6.92 Å². The molecule has 2 nitrogen and oxygen atoms in total. The zero-order valence-corrected chi connectivity index (χ0v) is 12.5. The van der Waals surface area contributed by atoms with E-state index in [0.29, 0.717) is 11.0 Å². The predicted molar refractivity (Wildman–Crippen MR) is 77.7 cm³/mol. The number of nitrogens with two attached hydrogens (primary N) is 1. The number of thiazole rings is 1. The van der Waals surface area contributed by atoms with Crippen LogP contribution in [0.4, 0.5) is 5.13 Å². The standard InChI is InChI=1S/C13H15BrN2S/c1-7-10(5-4-6-11(7)14)8(2)12-9(3)16-13(15)17-12/h4-6,8H,1-3H3,(H2,15,16). The summed E-state index contributed by atoms with van der Waals surface area (Å²) in [6, 6.07) is 6.31. The lowest BCUT2D eigenvalue weighted by molar-refractivity contribution is 0.913. The summed E-state index contributed by atoms with van der Waals surface area (Å²) in [6.07, 6.45) is 0. The molecule has 0 aliphatic carbocycles. The summed E-state index contributed by atoms with van der Waals surface area (Å²) < 4.78 is 1.15. The van der Waals surface area contributed by atoms with E-state index in [9.17, 15) is 0 Å². The first-order valence-corrected chi connectivity index (χ1v) is 7.09. The summed E-state index contributed by atoms with van der Waals surface area (Å²) in [4.78, 5) is 5.55.